The summed E-state index contributed by atoms with van der Waals surface area (Å²) in [5.74, 6) is 2.70. The fraction of sp³-hybridized carbons (Fsp3) is 0.385. The minimum absolute atomic E-state index is 0.0252. The summed E-state index contributed by atoms with van der Waals surface area (Å²) in [7, 11) is 2.09. The van der Waals surface area contributed by atoms with Gasteiger partial charge in [-0.15, -0.1) is 0 Å². The van der Waals surface area contributed by atoms with Crippen molar-refractivity contribution in [1.82, 2.24) is 9.88 Å². The highest BCUT2D eigenvalue weighted by Crippen LogP contribution is 2.30. The molecule has 0 amide bonds. The molecule has 35 heavy (non-hydrogen) atoms. The average Bonchev–Trinajstić information content (AvgIpc) is 2.81. The summed E-state index contributed by atoms with van der Waals surface area (Å²) in [4.78, 5) is 11.0. The summed E-state index contributed by atoms with van der Waals surface area (Å²) in [6, 6.07) is 7.94. The van der Waals surface area contributed by atoms with Gasteiger partial charge in [-0.1, -0.05) is 17.9 Å². The number of allylic oxidation sites excluding steroid dienone is 1. The molecule has 1 saturated heterocycles. The first kappa shape index (κ1) is 26.2. The Bertz CT molecular complexity index is 1150. The van der Waals surface area contributed by atoms with Crippen LogP contribution >= 0.6 is 0 Å². The molecule has 0 bridgehead atoms. The molecule has 3 rings (SSSR count). The number of aliphatic imine (C=N–C) groups is 1. The largest absolute Gasteiger partial charge is 0.432 e. The van der Waals surface area contributed by atoms with Gasteiger partial charge in [0.2, 0.25) is 0 Å². The van der Waals surface area contributed by atoms with E-state index in [4.69, 9.17) is 16.2 Å². The van der Waals surface area contributed by atoms with Gasteiger partial charge in [0.25, 0.3) is 0 Å². The second-order valence-corrected chi connectivity index (χ2v) is 9.14. The second kappa shape index (κ2) is 10.9. The highest BCUT2D eigenvalue weighted by Gasteiger charge is 2.30. The molecule has 9 heteroatoms. The van der Waals surface area contributed by atoms with E-state index in [2.05, 4.69) is 33.8 Å². The van der Waals surface area contributed by atoms with E-state index >= 15 is 0 Å². The first-order chi connectivity index (χ1) is 16.5. The third-order valence-electron chi connectivity index (χ3n) is 5.51. The summed E-state index contributed by atoms with van der Waals surface area (Å²) in [6.45, 7) is 5.09. The summed E-state index contributed by atoms with van der Waals surface area (Å²) in [5.41, 5.74) is 12.3. The topological polar surface area (TPSA) is 150 Å². The van der Waals surface area contributed by atoms with Crippen LogP contribution in [0.2, 0.25) is 0 Å². The average molecular weight is 480 g/mol. The lowest BCUT2D eigenvalue weighted by Crippen LogP contribution is -2.32. The van der Waals surface area contributed by atoms with E-state index in [0.717, 1.165) is 25.9 Å². The normalized spacial score (nSPS) is 16.2. The number of hydrogen-bond donors (Lipinski definition) is 5. The maximum atomic E-state index is 10.7. The van der Waals surface area contributed by atoms with Gasteiger partial charge >= 0.3 is 5.97 Å². The van der Waals surface area contributed by atoms with Crippen LogP contribution in [-0.2, 0) is 5.97 Å². The zero-order valence-corrected chi connectivity index (χ0v) is 20.3. The monoisotopic (exact) mass is 479 g/mol. The molecule has 7 N–H and O–H groups in total. The number of nitrogen functional groups attached to an aromatic ring is 1. The van der Waals surface area contributed by atoms with Crippen LogP contribution in [0.15, 0.2) is 47.7 Å². The number of nitrogens with zero attached hydrogens (tertiary/aromatic N) is 3. The number of ether oxygens (including phenoxy) is 1. The first-order valence-electron chi connectivity index (χ1n) is 11.4. The third-order valence-corrected chi connectivity index (χ3v) is 5.51. The number of aromatic nitrogens is 1. The van der Waals surface area contributed by atoms with E-state index in [1.54, 1.807) is 32.2 Å². The predicted octanol–water partition coefficient (Wildman–Crippen LogP) is 1.42. The molecule has 1 fully saturated rings. The number of hydrogen-bond acceptors (Lipinski definition) is 9. The SMILES string of the molecule is CN1CCC(N=CC(=CN)c2cnc(N)c(OC(O)(O)c3cccc(C#CC(C)(C)O)c3)c2)CC1. The maximum Gasteiger partial charge on any atom is 0.351 e. The van der Waals surface area contributed by atoms with Crippen LogP contribution in [0, 0.1) is 11.8 Å². The van der Waals surface area contributed by atoms with Gasteiger partial charge in [-0.2, -0.15) is 0 Å². The first-order valence-corrected chi connectivity index (χ1v) is 11.4. The van der Waals surface area contributed by atoms with Crippen molar-refractivity contribution >= 4 is 17.6 Å². The lowest BCUT2D eigenvalue weighted by molar-refractivity contribution is -0.303. The smallest absolute Gasteiger partial charge is 0.351 e. The minimum Gasteiger partial charge on any atom is -0.432 e. The number of nitrogens with two attached hydrogens (primary N) is 2. The molecule has 186 valence electrons. The Balaban J connectivity index is 1.81. The zero-order chi connectivity index (χ0) is 25.6. The fourth-order valence-electron chi connectivity index (χ4n) is 3.48. The standard InChI is InChI=1S/C26H33N5O4/c1-25(2,32)10-7-18-5-4-6-21(13-18)26(33,34)35-23-14-19(16-30-24(23)28)20(15-27)17-29-22-8-11-31(3)12-9-22/h4-6,13-17,22,32-34H,8-9,11-12,27H2,1-3H3,(H2,28,30). The summed E-state index contributed by atoms with van der Waals surface area (Å²) >= 11 is 0. The highest BCUT2D eigenvalue weighted by atomic mass is 16.8. The molecule has 0 atom stereocenters. The van der Waals surface area contributed by atoms with E-state index in [1.807, 2.05) is 0 Å². The number of aliphatic hydroxyl groups is 3. The summed E-state index contributed by atoms with van der Waals surface area (Å²) in [5, 5.41) is 31.2. The summed E-state index contributed by atoms with van der Waals surface area (Å²) in [6.07, 6.45) is 6.56. The van der Waals surface area contributed by atoms with Crippen LogP contribution in [0.3, 0.4) is 0 Å². The Morgan fingerprint density at radius 2 is 1.94 bits per heavy atom. The number of anilines is 1. The van der Waals surface area contributed by atoms with Crippen LogP contribution in [0.1, 0.15) is 43.4 Å². The molecule has 0 spiro atoms. The van der Waals surface area contributed by atoms with Gasteiger partial charge in [0, 0.05) is 35.3 Å². The lowest BCUT2D eigenvalue weighted by atomic mass is 10.1. The molecule has 0 aliphatic carbocycles. The number of rotatable bonds is 6. The van der Waals surface area contributed by atoms with Crippen molar-refractivity contribution < 1.29 is 20.1 Å². The van der Waals surface area contributed by atoms with Crippen LogP contribution in [-0.4, -0.2) is 63.2 Å². The molecule has 1 aliphatic rings. The van der Waals surface area contributed by atoms with E-state index in [1.165, 1.54) is 30.6 Å². The zero-order valence-electron chi connectivity index (χ0n) is 20.3. The third kappa shape index (κ3) is 7.53. The minimum atomic E-state index is -2.71. The van der Waals surface area contributed by atoms with E-state index in [-0.39, 0.29) is 23.2 Å². The Kier molecular flexibility index (Phi) is 8.14. The van der Waals surface area contributed by atoms with Crippen molar-refractivity contribution in [3.05, 3.63) is 59.4 Å². The molecule has 9 nitrogen and oxygen atoms in total. The van der Waals surface area contributed by atoms with Crippen molar-refractivity contribution in [3.8, 4) is 17.6 Å². The Morgan fingerprint density at radius 1 is 1.23 bits per heavy atom. The molecule has 2 aromatic rings. The van der Waals surface area contributed by atoms with E-state index in [0.29, 0.717) is 16.7 Å². The Morgan fingerprint density at radius 3 is 2.60 bits per heavy atom. The Hall–Kier alpha value is -3.42. The van der Waals surface area contributed by atoms with Crippen LogP contribution < -0.4 is 16.2 Å². The maximum absolute atomic E-state index is 10.7. The molecular formula is C26H33N5O4. The molecular weight excluding hydrogens is 446 g/mol. The second-order valence-electron chi connectivity index (χ2n) is 9.14. The van der Waals surface area contributed by atoms with Crippen LogP contribution in [0.25, 0.3) is 5.57 Å². The van der Waals surface area contributed by atoms with Gasteiger partial charge in [0.15, 0.2) is 11.6 Å². The van der Waals surface area contributed by atoms with Gasteiger partial charge in [0.05, 0.1) is 11.6 Å². The number of piperidine rings is 1. The predicted molar refractivity (Wildman–Crippen MR) is 136 cm³/mol. The summed E-state index contributed by atoms with van der Waals surface area (Å²) < 4.78 is 5.47. The van der Waals surface area contributed by atoms with Crippen molar-refractivity contribution in [2.75, 3.05) is 25.9 Å². The van der Waals surface area contributed by atoms with Crippen molar-refractivity contribution in [1.29, 1.82) is 0 Å². The number of pyridine rings is 1. The number of likely N-dealkylation sites (tertiary alicyclic amines) is 1. The molecule has 1 aromatic heterocycles. The van der Waals surface area contributed by atoms with E-state index in [9.17, 15) is 15.3 Å². The molecule has 1 aromatic carbocycles. The van der Waals surface area contributed by atoms with Gasteiger partial charge < -0.3 is 36.4 Å². The van der Waals surface area contributed by atoms with E-state index < -0.39 is 11.6 Å². The molecule has 0 unspecified atom stereocenters. The van der Waals surface area contributed by atoms with Gasteiger partial charge in [-0.3, -0.25) is 4.99 Å². The van der Waals surface area contributed by atoms with Crippen molar-refractivity contribution in [2.24, 2.45) is 10.7 Å². The molecule has 0 radical (unpaired) electrons. The molecule has 2 heterocycles. The van der Waals surface area contributed by atoms with Crippen LogP contribution in [0.4, 0.5) is 5.82 Å². The lowest BCUT2D eigenvalue weighted by Gasteiger charge is -2.26. The molecule has 1 aliphatic heterocycles. The van der Waals surface area contributed by atoms with Gasteiger partial charge in [-0.05, 0) is 71.1 Å². The number of benzene rings is 1. The Labute approximate surface area is 205 Å². The fourth-order valence-corrected chi connectivity index (χ4v) is 3.48. The van der Waals surface area contributed by atoms with Crippen molar-refractivity contribution in [3.63, 3.8) is 0 Å². The molecule has 0 saturated carbocycles. The van der Waals surface area contributed by atoms with Gasteiger partial charge in [0.1, 0.15) is 5.60 Å². The quantitative estimate of drug-likeness (QED) is 0.237. The van der Waals surface area contributed by atoms with Crippen molar-refractivity contribution in [2.45, 2.75) is 44.3 Å². The highest BCUT2D eigenvalue weighted by molar-refractivity contribution is 6.09. The van der Waals surface area contributed by atoms with Crippen LogP contribution in [0.5, 0.6) is 5.75 Å². The van der Waals surface area contributed by atoms with Gasteiger partial charge in [-0.25, -0.2) is 4.98 Å².